The van der Waals surface area contributed by atoms with Gasteiger partial charge in [-0.15, -0.1) is 0 Å². The van der Waals surface area contributed by atoms with Gasteiger partial charge < -0.3 is 0 Å². The highest BCUT2D eigenvalue weighted by molar-refractivity contribution is 6.01. The van der Waals surface area contributed by atoms with Crippen LogP contribution < -0.4 is 4.57 Å². The van der Waals surface area contributed by atoms with Crippen molar-refractivity contribution >= 4 is 10.8 Å². The molecular formula is C23H22N3+. The van der Waals surface area contributed by atoms with Gasteiger partial charge in [0.15, 0.2) is 6.20 Å². The van der Waals surface area contributed by atoms with Gasteiger partial charge in [-0.1, -0.05) is 29.8 Å². The molecule has 2 heterocycles. The number of aryl methyl sites for hydroxylation is 3. The first-order valence-electron chi connectivity index (χ1n) is 8.82. The van der Waals surface area contributed by atoms with Gasteiger partial charge in [-0.25, -0.2) is 9.97 Å². The van der Waals surface area contributed by atoms with Crippen molar-refractivity contribution in [2.75, 3.05) is 0 Å². The quantitative estimate of drug-likeness (QED) is 0.495. The summed E-state index contributed by atoms with van der Waals surface area (Å²) in [6, 6.07) is 15.1. The molecule has 0 atom stereocenters. The molecule has 128 valence electrons. The van der Waals surface area contributed by atoms with E-state index in [0.29, 0.717) is 0 Å². The van der Waals surface area contributed by atoms with Gasteiger partial charge in [-0.3, -0.25) is 0 Å². The summed E-state index contributed by atoms with van der Waals surface area (Å²) in [6.45, 7) is 6.55. The molecule has 0 radical (unpaired) electrons. The summed E-state index contributed by atoms with van der Waals surface area (Å²) in [5.41, 5.74) is 8.52. The van der Waals surface area contributed by atoms with Crippen molar-refractivity contribution in [3.63, 3.8) is 0 Å². The Labute approximate surface area is 154 Å². The van der Waals surface area contributed by atoms with E-state index in [1.807, 2.05) is 6.07 Å². The summed E-state index contributed by atoms with van der Waals surface area (Å²) >= 11 is 0. The Bertz CT molecular complexity index is 1120. The Kier molecular flexibility index (Phi) is 4.00. The standard InChI is InChI=1S/C23H22N3/c1-15-11-16(2)17(3)20(12-15)23-19-8-6-5-7-18(19)21(13-26(23)4)22-9-10-24-14-25-22/h5-14H,1-4H3/q+1. The lowest BCUT2D eigenvalue weighted by Gasteiger charge is -2.13. The van der Waals surface area contributed by atoms with Crippen LogP contribution in [0.1, 0.15) is 16.7 Å². The van der Waals surface area contributed by atoms with Crippen molar-refractivity contribution in [1.82, 2.24) is 9.97 Å². The minimum Gasteiger partial charge on any atom is -0.245 e. The fraction of sp³-hybridized carbons (Fsp3) is 0.174. The van der Waals surface area contributed by atoms with Crippen LogP contribution in [0.25, 0.3) is 33.3 Å². The molecule has 0 N–H and O–H groups in total. The first-order valence-corrected chi connectivity index (χ1v) is 8.82. The van der Waals surface area contributed by atoms with Crippen molar-refractivity contribution in [2.24, 2.45) is 7.05 Å². The number of pyridine rings is 1. The minimum atomic E-state index is 0.940. The normalized spacial score (nSPS) is 11.1. The molecule has 0 spiro atoms. The Morgan fingerprint density at radius 1 is 0.885 bits per heavy atom. The number of aromatic nitrogens is 3. The highest BCUT2D eigenvalue weighted by Gasteiger charge is 2.21. The van der Waals surface area contributed by atoms with E-state index in [1.54, 1.807) is 12.5 Å². The van der Waals surface area contributed by atoms with Crippen molar-refractivity contribution < 1.29 is 4.57 Å². The second-order valence-electron chi connectivity index (χ2n) is 6.90. The first-order chi connectivity index (χ1) is 12.6. The van der Waals surface area contributed by atoms with Crippen molar-refractivity contribution in [1.29, 1.82) is 0 Å². The van der Waals surface area contributed by atoms with Crippen molar-refractivity contribution in [3.8, 4) is 22.5 Å². The summed E-state index contributed by atoms with van der Waals surface area (Å²) in [5, 5.41) is 2.44. The summed E-state index contributed by atoms with van der Waals surface area (Å²) in [4.78, 5) is 8.52. The van der Waals surface area contributed by atoms with Crippen LogP contribution in [-0.4, -0.2) is 9.97 Å². The van der Waals surface area contributed by atoms with Crippen LogP contribution in [-0.2, 0) is 7.05 Å². The number of rotatable bonds is 2. The molecule has 0 bridgehead atoms. The van der Waals surface area contributed by atoms with Gasteiger partial charge in [0, 0.05) is 11.6 Å². The maximum Gasteiger partial charge on any atom is 0.220 e. The monoisotopic (exact) mass is 340 g/mol. The third kappa shape index (κ3) is 2.66. The number of nitrogens with zero attached hydrogens (tertiary/aromatic N) is 3. The van der Waals surface area contributed by atoms with Gasteiger partial charge in [-0.2, -0.15) is 4.57 Å². The molecular weight excluding hydrogens is 318 g/mol. The van der Waals surface area contributed by atoms with Crippen LogP contribution in [0.15, 0.2) is 61.2 Å². The van der Waals surface area contributed by atoms with E-state index in [2.05, 4.69) is 84.9 Å². The molecule has 26 heavy (non-hydrogen) atoms. The van der Waals surface area contributed by atoms with Crippen LogP contribution in [0.4, 0.5) is 0 Å². The Morgan fingerprint density at radius 3 is 2.38 bits per heavy atom. The molecule has 0 aliphatic rings. The Morgan fingerprint density at radius 2 is 1.65 bits per heavy atom. The molecule has 0 amide bonds. The van der Waals surface area contributed by atoms with Gasteiger partial charge in [0.2, 0.25) is 5.69 Å². The summed E-state index contributed by atoms with van der Waals surface area (Å²) in [5.74, 6) is 0. The largest absolute Gasteiger partial charge is 0.245 e. The second kappa shape index (κ2) is 6.34. The van der Waals surface area contributed by atoms with E-state index in [1.165, 1.54) is 38.7 Å². The van der Waals surface area contributed by atoms with Crippen LogP contribution in [0.2, 0.25) is 0 Å². The molecule has 2 aromatic carbocycles. The van der Waals surface area contributed by atoms with E-state index in [-0.39, 0.29) is 0 Å². The molecule has 2 aromatic heterocycles. The van der Waals surface area contributed by atoms with E-state index in [0.717, 1.165) is 11.3 Å². The molecule has 3 heteroatoms. The zero-order valence-electron chi connectivity index (χ0n) is 15.6. The van der Waals surface area contributed by atoms with Crippen LogP contribution in [0.3, 0.4) is 0 Å². The van der Waals surface area contributed by atoms with Crippen LogP contribution in [0.5, 0.6) is 0 Å². The third-order valence-corrected chi connectivity index (χ3v) is 5.07. The summed E-state index contributed by atoms with van der Waals surface area (Å²) < 4.78 is 2.22. The van der Waals surface area contributed by atoms with Gasteiger partial charge in [0.05, 0.1) is 22.2 Å². The zero-order chi connectivity index (χ0) is 18.3. The minimum absolute atomic E-state index is 0.940. The van der Waals surface area contributed by atoms with Crippen molar-refractivity contribution in [2.45, 2.75) is 20.8 Å². The van der Waals surface area contributed by atoms with Crippen LogP contribution >= 0.6 is 0 Å². The van der Waals surface area contributed by atoms with Gasteiger partial charge in [0.1, 0.15) is 13.4 Å². The smallest absolute Gasteiger partial charge is 0.220 e. The molecule has 0 saturated carbocycles. The molecule has 0 aliphatic carbocycles. The molecule has 0 saturated heterocycles. The van der Waals surface area contributed by atoms with Crippen molar-refractivity contribution in [3.05, 3.63) is 77.9 Å². The van der Waals surface area contributed by atoms with Crippen LogP contribution in [0, 0.1) is 20.8 Å². The zero-order valence-corrected chi connectivity index (χ0v) is 15.6. The molecule has 0 unspecified atom stereocenters. The van der Waals surface area contributed by atoms with Gasteiger partial charge in [-0.05, 0) is 50.1 Å². The molecule has 4 aromatic rings. The average molecular weight is 340 g/mol. The number of hydrogen-bond acceptors (Lipinski definition) is 2. The lowest BCUT2D eigenvalue weighted by Crippen LogP contribution is -2.31. The maximum atomic E-state index is 4.46. The number of fused-ring (bicyclic) bond motifs is 1. The highest BCUT2D eigenvalue weighted by Crippen LogP contribution is 2.34. The number of benzene rings is 2. The fourth-order valence-electron chi connectivity index (χ4n) is 3.72. The van der Waals surface area contributed by atoms with Gasteiger partial charge in [0.25, 0.3) is 0 Å². The summed E-state index contributed by atoms with van der Waals surface area (Å²) in [7, 11) is 2.11. The Balaban J connectivity index is 2.10. The fourth-order valence-corrected chi connectivity index (χ4v) is 3.72. The first kappa shape index (κ1) is 16.4. The lowest BCUT2D eigenvalue weighted by atomic mass is 9.93. The van der Waals surface area contributed by atoms with E-state index in [9.17, 15) is 0 Å². The molecule has 0 aliphatic heterocycles. The number of hydrogen-bond donors (Lipinski definition) is 0. The molecule has 0 fully saturated rings. The van der Waals surface area contributed by atoms with E-state index in [4.69, 9.17) is 0 Å². The maximum absolute atomic E-state index is 4.46. The van der Waals surface area contributed by atoms with Gasteiger partial charge >= 0.3 is 0 Å². The van der Waals surface area contributed by atoms with E-state index >= 15 is 0 Å². The molecule has 3 nitrogen and oxygen atoms in total. The molecule has 4 rings (SSSR count). The summed E-state index contributed by atoms with van der Waals surface area (Å²) in [6.07, 6.45) is 5.57. The highest BCUT2D eigenvalue weighted by atomic mass is 14.9. The second-order valence-corrected chi connectivity index (χ2v) is 6.90. The predicted octanol–water partition coefficient (Wildman–Crippen LogP) is 4.71. The predicted molar refractivity (Wildman–Crippen MR) is 106 cm³/mol. The average Bonchev–Trinajstić information content (AvgIpc) is 2.65. The SMILES string of the molecule is Cc1cc(C)c(C)c(-c2c3ccccc3c(-c3ccncn3)c[n+]2C)c1. The topological polar surface area (TPSA) is 29.7 Å². The third-order valence-electron chi connectivity index (χ3n) is 5.07. The lowest BCUT2D eigenvalue weighted by molar-refractivity contribution is -0.658. The Hall–Kier alpha value is -3.07. The van der Waals surface area contributed by atoms with E-state index < -0.39 is 0 Å².